The molecule has 0 radical (unpaired) electrons. The van der Waals surface area contributed by atoms with Crippen LogP contribution >= 0.6 is 0 Å². The molecular formula is C26H24N4O2. The maximum atomic E-state index is 13.2. The summed E-state index contributed by atoms with van der Waals surface area (Å²) in [5.41, 5.74) is 5.36. The third-order valence-corrected chi connectivity index (χ3v) is 5.34. The highest BCUT2D eigenvalue weighted by Gasteiger charge is 2.19. The molecule has 4 rings (SSSR count). The molecule has 0 aliphatic rings. The van der Waals surface area contributed by atoms with Gasteiger partial charge in [0.2, 0.25) is 0 Å². The Hall–Kier alpha value is -4.06. The van der Waals surface area contributed by atoms with E-state index in [2.05, 4.69) is 15.4 Å². The number of carbonyl (C=O) groups excluding carboxylic acids is 2. The standard InChI is InChI=1S/C26H24N4O2/c1-18-7-8-19(2)24(13-18)25(31)22-5-3-4-6-23(22)26(32)28-14-20-9-11-21(12-10-20)15-30-17-27-16-29-30/h3-13,16-17H,14-15H2,1-2H3,(H,28,32). The highest BCUT2D eigenvalue weighted by Crippen LogP contribution is 2.19. The van der Waals surface area contributed by atoms with Gasteiger partial charge in [-0.25, -0.2) is 9.67 Å². The van der Waals surface area contributed by atoms with Gasteiger partial charge in [-0.05, 0) is 42.7 Å². The summed E-state index contributed by atoms with van der Waals surface area (Å²) in [4.78, 5) is 30.1. The number of hydrogen-bond donors (Lipinski definition) is 1. The van der Waals surface area contributed by atoms with E-state index in [4.69, 9.17) is 0 Å². The number of nitrogens with zero attached hydrogens (tertiary/aromatic N) is 3. The Morgan fingerprint density at radius 1 is 0.875 bits per heavy atom. The maximum Gasteiger partial charge on any atom is 0.252 e. The first-order valence-electron chi connectivity index (χ1n) is 10.4. The second-order valence-corrected chi connectivity index (χ2v) is 7.79. The van der Waals surface area contributed by atoms with Crippen molar-refractivity contribution in [3.8, 4) is 0 Å². The lowest BCUT2D eigenvalue weighted by atomic mass is 9.94. The van der Waals surface area contributed by atoms with E-state index in [-0.39, 0.29) is 11.7 Å². The number of aromatic nitrogens is 3. The number of amides is 1. The number of hydrogen-bond acceptors (Lipinski definition) is 4. The smallest absolute Gasteiger partial charge is 0.252 e. The van der Waals surface area contributed by atoms with Gasteiger partial charge in [0, 0.05) is 17.7 Å². The van der Waals surface area contributed by atoms with Gasteiger partial charge in [-0.1, -0.05) is 60.2 Å². The molecule has 0 fully saturated rings. The quantitative estimate of drug-likeness (QED) is 0.453. The fourth-order valence-electron chi connectivity index (χ4n) is 3.55. The molecule has 4 aromatic rings. The summed E-state index contributed by atoms with van der Waals surface area (Å²) >= 11 is 0. The topological polar surface area (TPSA) is 76.9 Å². The van der Waals surface area contributed by atoms with E-state index in [0.717, 1.165) is 22.3 Å². The minimum absolute atomic E-state index is 0.144. The van der Waals surface area contributed by atoms with Crippen LogP contribution < -0.4 is 5.32 Å². The van der Waals surface area contributed by atoms with Gasteiger partial charge in [-0.15, -0.1) is 0 Å². The van der Waals surface area contributed by atoms with E-state index in [1.807, 2.05) is 56.3 Å². The molecule has 32 heavy (non-hydrogen) atoms. The molecule has 1 amide bonds. The van der Waals surface area contributed by atoms with Gasteiger partial charge in [0.05, 0.1) is 12.1 Å². The number of benzene rings is 3. The van der Waals surface area contributed by atoms with Crippen LogP contribution in [0.1, 0.15) is 48.5 Å². The van der Waals surface area contributed by atoms with Gasteiger partial charge < -0.3 is 5.32 Å². The lowest BCUT2D eigenvalue weighted by Gasteiger charge is -2.12. The molecule has 6 nitrogen and oxygen atoms in total. The largest absolute Gasteiger partial charge is 0.348 e. The third kappa shape index (κ3) is 4.81. The first kappa shape index (κ1) is 21.2. The number of nitrogens with one attached hydrogen (secondary N) is 1. The Kier molecular flexibility index (Phi) is 6.22. The van der Waals surface area contributed by atoms with Crippen molar-refractivity contribution in [1.82, 2.24) is 20.1 Å². The van der Waals surface area contributed by atoms with Crippen molar-refractivity contribution >= 4 is 11.7 Å². The molecule has 0 atom stereocenters. The fraction of sp³-hybridized carbons (Fsp3) is 0.154. The summed E-state index contributed by atoms with van der Waals surface area (Å²) in [5, 5.41) is 7.04. The molecule has 1 aromatic heterocycles. The number of ketones is 1. The highest BCUT2D eigenvalue weighted by molar-refractivity contribution is 6.15. The zero-order valence-corrected chi connectivity index (χ0v) is 18.1. The van der Waals surface area contributed by atoms with Crippen LogP contribution in [0, 0.1) is 13.8 Å². The Morgan fingerprint density at radius 2 is 1.59 bits per heavy atom. The first-order chi connectivity index (χ1) is 15.5. The molecule has 0 aliphatic heterocycles. The van der Waals surface area contributed by atoms with Crippen LogP contribution in [0.15, 0.2) is 79.4 Å². The summed E-state index contributed by atoms with van der Waals surface area (Å²) in [5.74, 6) is -0.416. The van der Waals surface area contributed by atoms with Gasteiger partial charge in [-0.2, -0.15) is 5.10 Å². The summed E-state index contributed by atoms with van der Waals surface area (Å²) in [6.07, 6.45) is 3.18. The van der Waals surface area contributed by atoms with Crippen LogP contribution in [0.25, 0.3) is 0 Å². The second kappa shape index (κ2) is 9.39. The van der Waals surface area contributed by atoms with E-state index in [9.17, 15) is 9.59 Å². The van der Waals surface area contributed by atoms with Gasteiger partial charge in [0.25, 0.3) is 5.91 Å². The second-order valence-electron chi connectivity index (χ2n) is 7.79. The molecule has 0 unspecified atom stereocenters. The molecular weight excluding hydrogens is 400 g/mol. The van der Waals surface area contributed by atoms with Crippen molar-refractivity contribution in [2.24, 2.45) is 0 Å². The van der Waals surface area contributed by atoms with Gasteiger partial charge in [0.15, 0.2) is 5.78 Å². The zero-order chi connectivity index (χ0) is 22.5. The molecule has 6 heteroatoms. The Morgan fingerprint density at radius 3 is 2.31 bits per heavy atom. The molecule has 1 heterocycles. The van der Waals surface area contributed by atoms with E-state index in [1.54, 1.807) is 35.3 Å². The third-order valence-electron chi connectivity index (χ3n) is 5.34. The van der Waals surface area contributed by atoms with Crippen LogP contribution in [0.4, 0.5) is 0 Å². The van der Waals surface area contributed by atoms with Crippen molar-refractivity contribution < 1.29 is 9.59 Å². The molecule has 0 saturated heterocycles. The minimum atomic E-state index is -0.272. The number of carbonyl (C=O) groups is 2. The van der Waals surface area contributed by atoms with Crippen molar-refractivity contribution in [3.63, 3.8) is 0 Å². The predicted octanol–water partition coefficient (Wildman–Crippen LogP) is 4.10. The molecule has 160 valence electrons. The van der Waals surface area contributed by atoms with Crippen LogP contribution in [0.2, 0.25) is 0 Å². The van der Waals surface area contributed by atoms with Crippen LogP contribution in [0.3, 0.4) is 0 Å². The monoisotopic (exact) mass is 424 g/mol. The predicted molar refractivity (Wildman–Crippen MR) is 123 cm³/mol. The SMILES string of the molecule is Cc1ccc(C)c(C(=O)c2ccccc2C(=O)NCc2ccc(Cn3cncn3)cc2)c1. The summed E-state index contributed by atoms with van der Waals surface area (Å²) < 4.78 is 1.75. The number of aryl methyl sites for hydroxylation is 2. The Balaban J connectivity index is 1.46. The highest BCUT2D eigenvalue weighted by atomic mass is 16.2. The van der Waals surface area contributed by atoms with Gasteiger partial charge >= 0.3 is 0 Å². The number of rotatable bonds is 7. The molecule has 0 bridgehead atoms. The normalized spacial score (nSPS) is 10.7. The van der Waals surface area contributed by atoms with Crippen LogP contribution in [0.5, 0.6) is 0 Å². The zero-order valence-electron chi connectivity index (χ0n) is 18.1. The van der Waals surface area contributed by atoms with Crippen molar-refractivity contribution in [2.75, 3.05) is 0 Å². The van der Waals surface area contributed by atoms with E-state index in [0.29, 0.717) is 29.8 Å². The van der Waals surface area contributed by atoms with E-state index in [1.165, 1.54) is 6.33 Å². The van der Waals surface area contributed by atoms with E-state index >= 15 is 0 Å². The van der Waals surface area contributed by atoms with Crippen molar-refractivity contribution in [2.45, 2.75) is 26.9 Å². The Bertz CT molecular complexity index is 1250. The average molecular weight is 425 g/mol. The maximum absolute atomic E-state index is 13.2. The summed E-state index contributed by atoms with van der Waals surface area (Å²) in [6.45, 7) is 4.86. The van der Waals surface area contributed by atoms with Crippen molar-refractivity contribution in [3.05, 3.63) is 118 Å². The average Bonchev–Trinajstić information content (AvgIpc) is 3.32. The van der Waals surface area contributed by atoms with Crippen molar-refractivity contribution in [1.29, 1.82) is 0 Å². The molecule has 1 N–H and O–H groups in total. The molecule has 3 aromatic carbocycles. The minimum Gasteiger partial charge on any atom is -0.348 e. The fourth-order valence-corrected chi connectivity index (χ4v) is 3.55. The molecule has 0 spiro atoms. The first-order valence-corrected chi connectivity index (χ1v) is 10.4. The lowest BCUT2D eigenvalue weighted by Crippen LogP contribution is -2.25. The van der Waals surface area contributed by atoms with Gasteiger partial charge in [0.1, 0.15) is 12.7 Å². The lowest BCUT2D eigenvalue weighted by molar-refractivity contribution is 0.0939. The molecule has 0 aliphatic carbocycles. The van der Waals surface area contributed by atoms with Crippen LogP contribution in [-0.2, 0) is 13.1 Å². The Labute approximate surface area is 186 Å². The van der Waals surface area contributed by atoms with Crippen LogP contribution in [-0.4, -0.2) is 26.5 Å². The molecule has 0 saturated carbocycles. The summed E-state index contributed by atoms with van der Waals surface area (Å²) in [7, 11) is 0. The summed E-state index contributed by atoms with van der Waals surface area (Å²) in [6, 6.07) is 20.7. The van der Waals surface area contributed by atoms with Gasteiger partial charge in [-0.3, -0.25) is 9.59 Å². The van der Waals surface area contributed by atoms with E-state index < -0.39 is 0 Å².